The maximum Gasteiger partial charge on any atom is 0.123 e. The van der Waals surface area contributed by atoms with Crippen LogP contribution >= 0.6 is 0 Å². The largest absolute Gasteiger partial charge is 0.321 e. The van der Waals surface area contributed by atoms with Gasteiger partial charge < -0.3 is 5.73 Å². The van der Waals surface area contributed by atoms with Gasteiger partial charge in [-0.2, -0.15) is 0 Å². The van der Waals surface area contributed by atoms with Crippen LogP contribution in [0, 0.1) is 17.7 Å². The van der Waals surface area contributed by atoms with Crippen molar-refractivity contribution in [2.45, 2.75) is 32.2 Å². The van der Waals surface area contributed by atoms with Crippen molar-refractivity contribution in [3.63, 3.8) is 0 Å². The topological polar surface area (TPSA) is 26.0 Å². The second-order valence-corrected chi connectivity index (χ2v) is 5.08. The fourth-order valence-electron chi connectivity index (χ4n) is 2.34. The molecular formula is C13H18FN. The average Bonchev–Trinajstić information content (AvgIpc) is 2.77. The highest BCUT2D eigenvalue weighted by Gasteiger charge is 2.51. The summed E-state index contributed by atoms with van der Waals surface area (Å²) >= 11 is 0. The van der Waals surface area contributed by atoms with Crippen LogP contribution in [0.1, 0.15) is 32.3 Å². The van der Waals surface area contributed by atoms with Gasteiger partial charge in [-0.3, -0.25) is 0 Å². The van der Waals surface area contributed by atoms with Crippen LogP contribution in [0.5, 0.6) is 0 Å². The van der Waals surface area contributed by atoms with E-state index >= 15 is 0 Å². The Balaban J connectivity index is 2.13. The minimum absolute atomic E-state index is 0.187. The Morgan fingerprint density at radius 3 is 2.87 bits per heavy atom. The quantitative estimate of drug-likeness (QED) is 0.810. The van der Waals surface area contributed by atoms with E-state index in [1.165, 1.54) is 6.07 Å². The molecular weight excluding hydrogens is 189 g/mol. The molecule has 15 heavy (non-hydrogen) atoms. The van der Waals surface area contributed by atoms with Crippen LogP contribution in [0.3, 0.4) is 0 Å². The van der Waals surface area contributed by atoms with E-state index in [1.807, 2.05) is 6.07 Å². The van der Waals surface area contributed by atoms with Gasteiger partial charge in [-0.05, 0) is 42.4 Å². The van der Waals surface area contributed by atoms with Crippen LogP contribution in [-0.2, 0) is 5.54 Å². The Hall–Kier alpha value is -0.890. The van der Waals surface area contributed by atoms with Crippen molar-refractivity contribution >= 4 is 0 Å². The maximum atomic E-state index is 13.1. The molecule has 2 unspecified atom stereocenters. The highest BCUT2D eigenvalue weighted by atomic mass is 19.1. The van der Waals surface area contributed by atoms with Crippen LogP contribution in [0.25, 0.3) is 0 Å². The molecule has 0 aliphatic heterocycles. The van der Waals surface area contributed by atoms with Gasteiger partial charge in [0.15, 0.2) is 0 Å². The van der Waals surface area contributed by atoms with E-state index in [2.05, 4.69) is 13.8 Å². The molecule has 0 heterocycles. The zero-order chi connectivity index (χ0) is 11.1. The molecule has 82 valence electrons. The van der Waals surface area contributed by atoms with Gasteiger partial charge in [-0.25, -0.2) is 4.39 Å². The van der Waals surface area contributed by atoms with Gasteiger partial charge in [-0.15, -0.1) is 0 Å². The van der Waals surface area contributed by atoms with Gasteiger partial charge in [-0.1, -0.05) is 26.0 Å². The molecule has 0 spiro atoms. The van der Waals surface area contributed by atoms with Crippen LogP contribution < -0.4 is 5.73 Å². The lowest BCUT2D eigenvalue weighted by atomic mass is 9.98. The lowest BCUT2D eigenvalue weighted by molar-refractivity contribution is 0.489. The van der Waals surface area contributed by atoms with Crippen molar-refractivity contribution in [3.8, 4) is 0 Å². The Morgan fingerprint density at radius 2 is 2.27 bits per heavy atom. The molecule has 1 aromatic rings. The molecule has 2 heteroatoms. The number of halogens is 1. The molecule has 0 saturated heterocycles. The molecule has 1 aliphatic rings. The zero-order valence-electron chi connectivity index (χ0n) is 9.33. The first-order valence-corrected chi connectivity index (χ1v) is 5.57. The molecule has 0 amide bonds. The van der Waals surface area contributed by atoms with Crippen molar-refractivity contribution in [2.75, 3.05) is 0 Å². The summed E-state index contributed by atoms with van der Waals surface area (Å²) in [7, 11) is 0. The second kappa shape index (κ2) is 3.60. The average molecular weight is 207 g/mol. The van der Waals surface area contributed by atoms with Crippen molar-refractivity contribution in [2.24, 2.45) is 17.6 Å². The predicted octanol–water partition coefficient (Wildman–Crippen LogP) is 3.05. The first-order chi connectivity index (χ1) is 7.02. The molecule has 1 saturated carbocycles. The number of hydrogen-bond donors (Lipinski definition) is 1. The van der Waals surface area contributed by atoms with Crippen LogP contribution in [0.4, 0.5) is 4.39 Å². The fraction of sp³-hybridized carbons (Fsp3) is 0.538. The molecule has 2 N–H and O–H groups in total. The van der Waals surface area contributed by atoms with Gasteiger partial charge in [0.1, 0.15) is 5.82 Å². The Morgan fingerprint density at radius 1 is 1.53 bits per heavy atom. The second-order valence-electron chi connectivity index (χ2n) is 5.08. The van der Waals surface area contributed by atoms with Crippen molar-refractivity contribution in [1.29, 1.82) is 0 Å². The Bertz CT molecular complexity index is 361. The molecule has 1 fully saturated rings. The summed E-state index contributed by atoms with van der Waals surface area (Å²) in [5.74, 6) is 1.00. The molecule has 2 rings (SSSR count). The number of nitrogens with two attached hydrogens (primary N) is 1. The summed E-state index contributed by atoms with van der Waals surface area (Å²) in [6.45, 7) is 4.40. The standard InChI is InChI=1S/C13H18FN/c1-9(2)6-11-8-13(11,15)10-4-3-5-12(14)7-10/h3-5,7,9,11H,6,8,15H2,1-2H3. The minimum atomic E-state index is -0.258. The molecule has 1 nitrogen and oxygen atoms in total. The lowest BCUT2D eigenvalue weighted by Crippen LogP contribution is -2.22. The van der Waals surface area contributed by atoms with E-state index in [-0.39, 0.29) is 11.4 Å². The number of benzene rings is 1. The maximum absolute atomic E-state index is 13.1. The molecule has 0 aromatic heterocycles. The Kier molecular flexibility index (Phi) is 2.55. The van der Waals surface area contributed by atoms with E-state index in [1.54, 1.807) is 12.1 Å². The number of rotatable bonds is 3. The van der Waals surface area contributed by atoms with Gasteiger partial charge in [0.25, 0.3) is 0 Å². The van der Waals surface area contributed by atoms with Crippen molar-refractivity contribution in [1.82, 2.24) is 0 Å². The summed E-state index contributed by atoms with van der Waals surface area (Å²) in [4.78, 5) is 0. The van der Waals surface area contributed by atoms with Crippen molar-refractivity contribution in [3.05, 3.63) is 35.6 Å². The molecule has 0 radical (unpaired) electrons. The van der Waals surface area contributed by atoms with E-state index in [4.69, 9.17) is 5.73 Å². The van der Waals surface area contributed by atoms with Crippen LogP contribution in [0.2, 0.25) is 0 Å². The Labute approximate surface area is 90.5 Å². The van der Waals surface area contributed by atoms with Gasteiger partial charge in [0.05, 0.1) is 0 Å². The summed E-state index contributed by atoms with van der Waals surface area (Å²) < 4.78 is 13.1. The summed E-state index contributed by atoms with van der Waals surface area (Å²) in [6.07, 6.45) is 2.13. The first kappa shape index (κ1) is 10.6. The third-order valence-corrected chi connectivity index (χ3v) is 3.27. The molecule has 0 bridgehead atoms. The summed E-state index contributed by atoms with van der Waals surface area (Å²) in [5, 5.41) is 0. The SMILES string of the molecule is CC(C)CC1CC1(N)c1cccc(F)c1. The smallest absolute Gasteiger partial charge is 0.123 e. The fourth-order valence-corrected chi connectivity index (χ4v) is 2.34. The summed E-state index contributed by atoms with van der Waals surface area (Å²) in [6, 6.07) is 6.71. The third-order valence-electron chi connectivity index (χ3n) is 3.27. The number of hydrogen-bond acceptors (Lipinski definition) is 1. The third kappa shape index (κ3) is 2.05. The van der Waals surface area contributed by atoms with Crippen LogP contribution in [-0.4, -0.2) is 0 Å². The normalized spacial score (nSPS) is 29.5. The van der Waals surface area contributed by atoms with Crippen LogP contribution in [0.15, 0.2) is 24.3 Å². The molecule has 2 atom stereocenters. The van der Waals surface area contributed by atoms with Gasteiger partial charge in [0.2, 0.25) is 0 Å². The van der Waals surface area contributed by atoms with E-state index < -0.39 is 0 Å². The van der Waals surface area contributed by atoms with Crippen molar-refractivity contribution < 1.29 is 4.39 Å². The highest BCUT2D eigenvalue weighted by molar-refractivity contribution is 5.32. The molecule has 1 aromatic carbocycles. The highest BCUT2D eigenvalue weighted by Crippen LogP contribution is 2.52. The predicted molar refractivity (Wildman–Crippen MR) is 59.8 cm³/mol. The minimum Gasteiger partial charge on any atom is -0.321 e. The zero-order valence-corrected chi connectivity index (χ0v) is 9.33. The molecule has 1 aliphatic carbocycles. The first-order valence-electron chi connectivity index (χ1n) is 5.57. The summed E-state index contributed by atoms with van der Waals surface area (Å²) in [5.41, 5.74) is 6.96. The monoisotopic (exact) mass is 207 g/mol. The van der Waals surface area contributed by atoms with Gasteiger partial charge in [0, 0.05) is 5.54 Å². The van der Waals surface area contributed by atoms with Gasteiger partial charge >= 0.3 is 0 Å². The lowest BCUT2D eigenvalue weighted by Gasteiger charge is -2.13. The van der Waals surface area contributed by atoms with E-state index in [0.717, 1.165) is 18.4 Å². The van der Waals surface area contributed by atoms with E-state index in [0.29, 0.717) is 11.8 Å². The van der Waals surface area contributed by atoms with E-state index in [9.17, 15) is 4.39 Å².